The molecule has 3 aliphatic rings. The standard InChI is InChI=1S/C13H26N2/c1-3-7-15(8-4-2)13-11-14-9-5-12(13)6-10-14/h12-13H,3-11H2,1-2H3/q+1. The van der Waals surface area contributed by atoms with Gasteiger partial charge in [-0.3, -0.25) is 4.90 Å². The molecule has 0 aromatic rings. The fourth-order valence-corrected chi connectivity index (χ4v) is 3.37. The molecule has 0 saturated carbocycles. The molecule has 0 spiro atoms. The molecule has 0 N–H and O–H groups in total. The van der Waals surface area contributed by atoms with E-state index in [1.165, 1.54) is 58.4 Å². The lowest BCUT2D eigenvalue weighted by Crippen LogP contribution is -2.60. The Morgan fingerprint density at radius 3 is 2.07 bits per heavy atom. The Balaban J connectivity index is 1.94. The van der Waals surface area contributed by atoms with Crippen molar-refractivity contribution in [1.29, 1.82) is 0 Å². The summed E-state index contributed by atoms with van der Waals surface area (Å²) >= 11 is 0. The van der Waals surface area contributed by atoms with Crippen LogP contribution in [0.5, 0.6) is 0 Å². The van der Waals surface area contributed by atoms with Gasteiger partial charge in [0, 0.05) is 12.8 Å². The number of hydrogen-bond acceptors (Lipinski definition) is 2. The molecule has 0 aromatic heterocycles. The smallest absolute Gasteiger partial charge is 0.138 e. The van der Waals surface area contributed by atoms with Crippen LogP contribution < -0.4 is 4.90 Å². The van der Waals surface area contributed by atoms with Crippen molar-refractivity contribution >= 4 is 0 Å². The molecular weight excluding hydrogens is 184 g/mol. The van der Waals surface area contributed by atoms with Crippen LogP contribution in [-0.2, 0) is 0 Å². The first-order chi connectivity index (χ1) is 7.35. The van der Waals surface area contributed by atoms with Gasteiger partial charge in [0.05, 0.1) is 6.04 Å². The molecule has 0 amide bonds. The molecule has 87 valence electrons. The monoisotopic (exact) mass is 210 g/mol. The molecule has 1 atom stereocenters. The van der Waals surface area contributed by atoms with Crippen molar-refractivity contribution in [2.75, 3.05) is 32.7 Å². The van der Waals surface area contributed by atoms with Crippen molar-refractivity contribution in [3.05, 3.63) is 0 Å². The minimum atomic E-state index is 0.882. The zero-order valence-corrected chi connectivity index (χ0v) is 10.4. The fraction of sp³-hybridized carbons (Fsp3) is 1.00. The van der Waals surface area contributed by atoms with E-state index in [1.807, 2.05) is 0 Å². The van der Waals surface area contributed by atoms with Crippen LogP contribution in [-0.4, -0.2) is 43.7 Å². The number of piperidine rings is 3. The topological polar surface area (TPSA) is 9.14 Å². The Labute approximate surface area is 94.6 Å². The Morgan fingerprint density at radius 1 is 1.07 bits per heavy atom. The maximum atomic E-state index is 2.76. The predicted octanol–water partition coefficient (Wildman–Crippen LogP) is 2.04. The quantitative estimate of drug-likeness (QED) is 0.631. The molecular formula is C13H26N2+. The van der Waals surface area contributed by atoms with E-state index in [4.69, 9.17) is 0 Å². The largest absolute Gasteiger partial charge is 0.295 e. The van der Waals surface area contributed by atoms with Gasteiger partial charge in [0.2, 0.25) is 0 Å². The second-order valence-corrected chi connectivity index (χ2v) is 5.24. The van der Waals surface area contributed by atoms with Gasteiger partial charge in [0.25, 0.3) is 0 Å². The molecule has 1 unspecified atom stereocenters. The normalized spacial score (nSPS) is 35.0. The van der Waals surface area contributed by atoms with Crippen molar-refractivity contribution in [3.63, 3.8) is 0 Å². The van der Waals surface area contributed by atoms with Gasteiger partial charge in [-0.2, -0.15) is 4.90 Å². The molecule has 2 heteroatoms. The lowest BCUT2D eigenvalue weighted by molar-refractivity contribution is 0.0464. The highest BCUT2D eigenvalue weighted by molar-refractivity contribution is 4.94. The van der Waals surface area contributed by atoms with Crippen molar-refractivity contribution in [1.82, 2.24) is 9.80 Å². The van der Waals surface area contributed by atoms with Gasteiger partial charge in [-0.05, 0) is 31.8 Å². The highest BCUT2D eigenvalue weighted by atomic mass is 15.2. The molecule has 1 radical (unpaired) electrons. The molecule has 2 bridgehead atoms. The van der Waals surface area contributed by atoms with Crippen LogP contribution in [0.3, 0.4) is 0 Å². The van der Waals surface area contributed by atoms with E-state index in [1.54, 1.807) is 0 Å². The lowest BCUT2D eigenvalue weighted by atomic mass is 9.83. The van der Waals surface area contributed by atoms with Crippen molar-refractivity contribution in [2.45, 2.75) is 45.6 Å². The molecule has 3 aliphatic heterocycles. The third kappa shape index (κ3) is 2.54. The van der Waals surface area contributed by atoms with E-state index < -0.39 is 0 Å². The van der Waals surface area contributed by atoms with Crippen LogP contribution in [0.25, 0.3) is 0 Å². The summed E-state index contributed by atoms with van der Waals surface area (Å²) in [6.45, 7) is 11.3. The van der Waals surface area contributed by atoms with Gasteiger partial charge in [-0.15, -0.1) is 0 Å². The molecule has 3 fully saturated rings. The summed E-state index contributed by atoms with van der Waals surface area (Å²) in [5, 5.41) is 0. The molecule has 2 nitrogen and oxygen atoms in total. The van der Waals surface area contributed by atoms with E-state index in [2.05, 4.69) is 23.6 Å². The Kier molecular flexibility index (Phi) is 4.04. The first-order valence-electron chi connectivity index (χ1n) is 6.81. The summed E-state index contributed by atoms with van der Waals surface area (Å²) in [6.07, 6.45) is 5.52. The Bertz CT molecular complexity index is 179. The lowest BCUT2D eigenvalue weighted by Gasteiger charge is -2.43. The summed E-state index contributed by atoms with van der Waals surface area (Å²) in [5.41, 5.74) is 0. The van der Waals surface area contributed by atoms with Crippen LogP contribution >= 0.6 is 0 Å². The summed E-state index contributed by atoms with van der Waals surface area (Å²) in [7, 11) is 0. The SMILES string of the molecule is CCCN(CCC)C1C[N+]2CCC1CC2. The van der Waals surface area contributed by atoms with Gasteiger partial charge in [0.1, 0.15) is 19.6 Å². The first kappa shape index (κ1) is 11.4. The maximum Gasteiger partial charge on any atom is 0.138 e. The Hall–Kier alpha value is -0.0800. The third-order valence-electron chi connectivity index (χ3n) is 4.11. The maximum absolute atomic E-state index is 2.76. The van der Waals surface area contributed by atoms with Gasteiger partial charge in [-0.1, -0.05) is 13.8 Å². The summed E-state index contributed by atoms with van der Waals surface area (Å²) in [6, 6.07) is 0.882. The van der Waals surface area contributed by atoms with E-state index >= 15 is 0 Å². The van der Waals surface area contributed by atoms with E-state index in [9.17, 15) is 0 Å². The van der Waals surface area contributed by atoms with Gasteiger partial charge in [-0.25, -0.2) is 0 Å². The highest BCUT2D eigenvalue weighted by Gasteiger charge is 2.42. The molecule has 3 saturated heterocycles. The number of nitrogens with zero attached hydrogens (tertiary/aromatic N) is 2. The van der Waals surface area contributed by atoms with Crippen LogP contribution in [0.2, 0.25) is 0 Å². The number of rotatable bonds is 5. The minimum Gasteiger partial charge on any atom is -0.295 e. The average Bonchev–Trinajstić information content (AvgIpc) is 2.30. The van der Waals surface area contributed by atoms with E-state index in [-0.39, 0.29) is 0 Å². The molecule has 3 heterocycles. The van der Waals surface area contributed by atoms with E-state index in [0.29, 0.717) is 0 Å². The van der Waals surface area contributed by atoms with Gasteiger partial charge < -0.3 is 0 Å². The van der Waals surface area contributed by atoms with Gasteiger partial charge >= 0.3 is 0 Å². The highest BCUT2D eigenvalue weighted by Crippen LogP contribution is 2.29. The third-order valence-corrected chi connectivity index (χ3v) is 4.11. The van der Waals surface area contributed by atoms with Crippen LogP contribution in [0.4, 0.5) is 0 Å². The van der Waals surface area contributed by atoms with Crippen molar-refractivity contribution in [2.24, 2.45) is 5.92 Å². The minimum absolute atomic E-state index is 0.882. The number of fused-ring (bicyclic) bond motifs is 3. The second kappa shape index (κ2) is 5.31. The van der Waals surface area contributed by atoms with E-state index in [0.717, 1.165) is 12.0 Å². The predicted molar refractivity (Wildman–Crippen MR) is 65.4 cm³/mol. The zero-order chi connectivity index (χ0) is 10.7. The Morgan fingerprint density at radius 2 is 1.67 bits per heavy atom. The summed E-state index contributed by atoms with van der Waals surface area (Å²) in [5.74, 6) is 1.01. The van der Waals surface area contributed by atoms with Crippen molar-refractivity contribution in [3.8, 4) is 0 Å². The number of hydrogen-bond donors (Lipinski definition) is 0. The van der Waals surface area contributed by atoms with Crippen LogP contribution in [0.15, 0.2) is 0 Å². The first-order valence-corrected chi connectivity index (χ1v) is 6.81. The molecule has 3 rings (SSSR count). The van der Waals surface area contributed by atoms with Crippen LogP contribution in [0, 0.1) is 5.92 Å². The fourth-order valence-electron chi connectivity index (χ4n) is 3.37. The zero-order valence-electron chi connectivity index (χ0n) is 10.4. The summed E-state index contributed by atoms with van der Waals surface area (Å²) < 4.78 is 0. The summed E-state index contributed by atoms with van der Waals surface area (Å²) in [4.78, 5) is 5.43. The molecule has 15 heavy (non-hydrogen) atoms. The second-order valence-electron chi connectivity index (χ2n) is 5.24. The average molecular weight is 210 g/mol. The van der Waals surface area contributed by atoms with Gasteiger partial charge in [0.15, 0.2) is 0 Å². The van der Waals surface area contributed by atoms with Crippen LogP contribution in [0.1, 0.15) is 39.5 Å². The van der Waals surface area contributed by atoms with Crippen molar-refractivity contribution < 1.29 is 0 Å². The molecule has 0 aliphatic carbocycles. The molecule has 0 aromatic carbocycles.